The van der Waals surface area contributed by atoms with Gasteiger partial charge < -0.3 is 15.7 Å². The van der Waals surface area contributed by atoms with Gasteiger partial charge in [0.05, 0.1) is 23.9 Å². The van der Waals surface area contributed by atoms with Crippen LogP contribution in [0.5, 0.6) is 0 Å². The van der Waals surface area contributed by atoms with Crippen LogP contribution in [0.2, 0.25) is 0 Å². The molecule has 0 aliphatic carbocycles. The van der Waals surface area contributed by atoms with Crippen LogP contribution in [-0.2, 0) is 0 Å². The van der Waals surface area contributed by atoms with Crippen molar-refractivity contribution >= 4 is 17.5 Å². The van der Waals surface area contributed by atoms with Crippen LogP contribution in [0.3, 0.4) is 0 Å². The Bertz CT molecular complexity index is 724. The zero-order valence-corrected chi connectivity index (χ0v) is 13.9. The van der Waals surface area contributed by atoms with Crippen molar-refractivity contribution in [3.63, 3.8) is 0 Å². The second-order valence-corrected chi connectivity index (χ2v) is 5.63. The monoisotopic (exact) mass is 326 g/mol. The first kappa shape index (κ1) is 17.7. The molecule has 24 heavy (non-hydrogen) atoms. The van der Waals surface area contributed by atoms with Gasteiger partial charge in [-0.05, 0) is 37.6 Å². The molecule has 0 saturated heterocycles. The third kappa shape index (κ3) is 4.43. The topological polar surface area (TPSA) is 78.4 Å². The minimum atomic E-state index is -0.323. The molecule has 5 heteroatoms. The second-order valence-electron chi connectivity index (χ2n) is 5.63. The van der Waals surface area contributed by atoms with E-state index in [1.807, 2.05) is 26.0 Å². The highest BCUT2D eigenvalue weighted by Crippen LogP contribution is 2.17. The zero-order chi connectivity index (χ0) is 17.5. The minimum Gasteiger partial charge on any atom is -0.394 e. The molecule has 2 rings (SSSR count). The Hall–Kier alpha value is -2.66. The lowest BCUT2D eigenvalue weighted by Crippen LogP contribution is -2.37. The van der Waals surface area contributed by atoms with E-state index in [4.69, 9.17) is 0 Å². The average Bonchev–Trinajstić information content (AvgIpc) is 2.59. The molecule has 0 bridgehead atoms. The summed E-state index contributed by atoms with van der Waals surface area (Å²) in [5.74, 6) is -0.593. The number of carbonyl (C=O) groups is 2. The van der Waals surface area contributed by atoms with Crippen molar-refractivity contribution in [1.82, 2.24) is 5.32 Å². The number of hydrogen-bond acceptors (Lipinski definition) is 3. The first-order chi connectivity index (χ1) is 11.5. The average molecular weight is 326 g/mol. The van der Waals surface area contributed by atoms with Gasteiger partial charge in [-0.2, -0.15) is 0 Å². The summed E-state index contributed by atoms with van der Waals surface area (Å²) in [6.07, 6.45) is 0.625. The van der Waals surface area contributed by atoms with Gasteiger partial charge >= 0.3 is 0 Å². The Kier molecular flexibility index (Phi) is 6.09. The van der Waals surface area contributed by atoms with E-state index in [1.54, 1.807) is 36.4 Å². The highest BCUT2D eigenvalue weighted by atomic mass is 16.3. The molecule has 5 nitrogen and oxygen atoms in total. The number of nitrogens with one attached hydrogen (secondary N) is 2. The van der Waals surface area contributed by atoms with Gasteiger partial charge in [0.15, 0.2) is 0 Å². The number of para-hydroxylation sites is 1. The number of hydrogen-bond donors (Lipinski definition) is 3. The van der Waals surface area contributed by atoms with Gasteiger partial charge in [-0.25, -0.2) is 0 Å². The fourth-order valence-corrected chi connectivity index (χ4v) is 2.31. The summed E-state index contributed by atoms with van der Waals surface area (Å²) in [5.41, 5.74) is 2.33. The van der Waals surface area contributed by atoms with Crippen molar-refractivity contribution in [2.45, 2.75) is 26.3 Å². The van der Waals surface area contributed by atoms with Crippen molar-refractivity contribution in [2.75, 3.05) is 11.9 Å². The lowest BCUT2D eigenvalue weighted by atomic mass is 10.1. The lowest BCUT2D eigenvalue weighted by Gasteiger charge is -2.16. The SMILES string of the molecule is CCC(CO)NC(=O)c1ccccc1NC(=O)c1cccc(C)c1. The van der Waals surface area contributed by atoms with Gasteiger partial charge in [-0.3, -0.25) is 9.59 Å². The summed E-state index contributed by atoms with van der Waals surface area (Å²) in [6.45, 7) is 3.67. The Morgan fingerprint density at radius 2 is 1.83 bits per heavy atom. The summed E-state index contributed by atoms with van der Waals surface area (Å²) < 4.78 is 0. The predicted molar refractivity (Wildman–Crippen MR) is 94.2 cm³/mol. The van der Waals surface area contributed by atoms with E-state index in [1.165, 1.54) is 0 Å². The smallest absolute Gasteiger partial charge is 0.255 e. The third-order valence-corrected chi connectivity index (χ3v) is 3.75. The van der Waals surface area contributed by atoms with E-state index >= 15 is 0 Å². The van der Waals surface area contributed by atoms with E-state index in [0.717, 1.165) is 5.56 Å². The van der Waals surface area contributed by atoms with Crippen molar-refractivity contribution < 1.29 is 14.7 Å². The van der Waals surface area contributed by atoms with E-state index in [-0.39, 0.29) is 24.5 Å². The standard InChI is InChI=1S/C19H22N2O3/c1-3-15(12-22)20-19(24)16-9-4-5-10-17(16)21-18(23)14-8-6-7-13(2)11-14/h4-11,15,22H,3,12H2,1-2H3,(H,20,24)(H,21,23). The van der Waals surface area contributed by atoms with Crippen molar-refractivity contribution in [3.8, 4) is 0 Å². The van der Waals surface area contributed by atoms with Gasteiger partial charge in [-0.1, -0.05) is 36.8 Å². The molecule has 0 saturated carbocycles. The maximum Gasteiger partial charge on any atom is 0.255 e. The molecule has 0 radical (unpaired) electrons. The highest BCUT2D eigenvalue weighted by molar-refractivity contribution is 6.09. The molecule has 0 aromatic heterocycles. The van der Waals surface area contributed by atoms with E-state index in [0.29, 0.717) is 23.2 Å². The van der Waals surface area contributed by atoms with Gasteiger partial charge in [-0.15, -0.1) is 0 Å². The van der Waals surface area contributed by atoms with Crippen LogP contribution >= 0.6 is 0 Å². The Labute approximate surface area is 141 Å². The maximum atomic E-state index is 12.4. The number of anilines is 1. The minimum absolute atomic E-state index is 0.125. The number of rotatable bonds is 6. The summed E-state index contributed by atoms with van der Waals surface area (Å²) >= 11 is 0. The van der Waals surface area contributed by atoms with Crippen LogP contribution in [0, 0.1) is 6.92 Å². The number of amides is 2. The summed E-state index contributed by atoms with van der Waals surface area (Å²) in [4.78, 5) is 24.8. The van der Waals surface area contributed by atoms with Crippen molar-refractivity contribution in [3.05, 3.63) is 65.2 Å². The quantitative estimate of drug-likeness (QED) is 0.764. The molecule has 0 heterocycles. The molecule has 0 fully saturated rings. The Morgan fingerprint density at radius 1 is 1.08 bits per heavy atom. The number of carbonyl (C=O) groups excluding carboxylic acids is 2. The normalized spacial score (nSPS) is 11.6. The van der Waals surface area contributed by atoms with Crippen LogP contribution < -0.4 is 10.6 Å². The molecule has 0 aliphatic rings. The summed E-state index contributed by atoms with van der Waals surface area (Å²) in [7, 11) is 0. The molecular weight excluding hydrogens is 304 g/mol. The maximum absolute atomic E-state index is 12.4. The third-order valence-electron chi connectivity index (χ3n) is 3.75. The number of aliphatic hydroxyl groups is 1. The van der Waals surface area contributed by atoms with Gasteiger partial charge in [0.25, 0.3) is 11.8 Å². The Balaban J connectivity index is 2.19. The van der Waals surface area contributed by atoms with E-state index < -0.39 is 0 Å². The van der Waals surface area contributed by atoms with Gasteiger partial charge in [0, 0.05) is 5.56 Å². The first-order valence-electron chi connectivity index (χ1n) is 7.94. The molecule has 2 amide bonds. The Morgan fingerprint density at radius 3 is 2.50 bits per heavy atom. The van der Waals surface area contributed by atoms with Crippen LogP contribution in [0.25, 0.3) is 0 Å². The van der Waals surface area contributed by atoms with Crippen molar-refractivity contribution in [2.24, 2.45) is 0 Å². The second kappa shape index (κ2) is 8.26. The molecule has 1 unspecified atom stereocenters. The van der Waals surface area contributed by atoms with Crippen LogP contribution in [0.1, 0.15) is 39.6 Å². The predicted octanol–water partition coefficient (Wildman–Crippen LogP) is 2.75. The fourth-order valence-electron chi connectivity index (χ4n) is 2.31. The summed E-state index contributed by atoms with van der Waals surface area (Å²) in [5, 5.41) is 14.8. The summed E-state index contributed by atoms with van der Waals surface area (Å²) in [6, 6.07) is 13.8. The number of aliphatic hydroxyl groups excluding tert-OH is 1. The number of benzene rings is 2. The molecule has 0 spiro atoms. The lowest BCUT2D eigenvalue weighted by molar-refractivity contribution is 0.0916. The zero-order valence-electron chi connectivity index (χ0n) is 13.9. The molecule has 2 aromatic carbocycles. The number of aryl methyl sites for hydroxylation is 1. The van der Waals surface area contributed by atoms with Gasteiger partial charge in [0.2, 0.25) is 0 Å². The van der Waals surface area contributed by atoms with Crippen LogP contribution in [-0.4, -0.2) is 29.6 Å². The van der Waals surface area contributed by atoms with Crippen LogP contribution in [0.15, 0.2) is 48.5 Å². The fraction of sp³-hybridized carbons (Fsp3) is 0.263. The molecule has 2 aromatic rings. The largest absolute Gasteiger partial charge is 0.394 e. The highest BCUT2D eigenvalue weighted by Gasteiger charge is 2.16. The molecule has 1 atom stereocenters. The molecule has 0 aliphatic heterocycles. The van der Waals surface area contributed by atoms with Crippen LogP contribution in [0.4, 0.5) is 5.69 Å². The van der Waals surface area contributed by atoms with Crippen molar-refractivity contribution in [1.29, 1.82) is 0 Å². The first-order valence-corrected chi connectivity index (χ1v) is 7.94. The molecule has 126 valence electrons. The van der Waals surface area contributed by atoms with Gasteiger partial charge in [0.1, 0.15) is 0 Å². The molecule has 3 N–H and O–H groups in total. The van der Waals surface area contributed by atoms with E-state index in [9.17, 15) is 14.7 Å². The van der Waals surface area contributed by atoms with E-state index in [2.05, 4.69) is 10.6 Å². The molecular formula is C19H22N2O3.